The summed E-state index contributed by atoms with van der Waals surface area (Å²) in [5, 5.41) is 0. The molecule has 0 amide bonds. The third-order valence-corrected chi connectivity index (χ3v) is 3.09. The van der Waals surface area contributed by atoms with Crippen molar-refractivity contribution in [3.8, 4) is 0 Å². The minimum atomic E-state index is 0.405. The molecule has 0 aliphatic heterocycles. The Labute approximate surface area is 74.9 Å². The molecule has 1 nitrogen and oxygen atoms in total. The highest BCUT2D eigenvalue weighted by Gasteiger charge is 2.21. The molecule has 0 saturated heterocycles. The van der Waals surface area contributed by atoms with E-state index in [9.17, 15) is 4.79 Å². The lowest BCUT2D eigenvalue weighted by molar-refractivity contribution is -0.105. The molecule has 12 heavy (non-hydrogen) atoms. The molecule has 1 aliphatic rings. The molecule has 1 aliphatic carbocycles. The highest BCUT2D eigenvalue weighted by Crippen LogP contribution is 2.32. The Bertz CT molecular complexity index is 166. The maximum absolute atomic E-state index is 10.5. The Morgan fingerprint density at radius 2 is 2.00 bits per heavy atom. The Kier molecular flexibility index (Phi) is 3.51. The molecule has 0 spiro atoms. The van der Waals surface area contributed by atoms with Gasteiger partial charge in [-0.05, 0) is 30.3 Å². The summed E-state index contributed by atoms with van der Waals surface area (Å²) in [6.07, 6.45) is 7.53. The van der Waals surface area contributed by atoms with Crippen molar-refractivity contribution in [1.82, 2.24) is 0 Å². The molecule has 0 aromatic heterocycles. The van der Waals surface area contributed by atoms with Gasteiger partial charge in [-0.25, -0.2) is 0 Å². The van der Waals surface area contributed by atoms with E-state index in [1.807, 2.05) is 0 Å². The SMILES string of the molecule is C=C(C=O)C(C)C1CCCCC1. The first-order chi connectivity index (χ1) is 5.75. The third kappa shape index (κ3) is 2.20. The smallest absolute Gasteiger partial charge is 0.145 e. The standard InChI is InChI=1S/C11H18O/c1-9(8-12)10(2)11-6-4-3-5-7-11/h8,10-11H,1,3-7H2,2H3. The van der Waals surface area contributed by atoms with Gasteiger partial charge in [-0.3, -0.25) is 4.79 Å². The van der Waals surface area contributed by atoms with Gasteiger partial charge in [0.15, 0.2) is 0 Å². The molecule has 68 valence electrons. The number of hydrogen-bond donors (Lipinski definition) is 0. The van der Waals surface area contributed by atoms with E-state index in [4.69, 9.17) is 0 Å². The largest absolute Gasteiger partial charge is 0.298 e. The molecule has 1 saturated carbocycles. The minimum Gasteiger partial charge on any atom is -0.298 e. The predicted octanol–water partition coefficient (Wildman–Crippen LogP) is 2.96. The molecular formula is C11H18O. The van der Waals surface area contributed by atoms with Crippen LogP contribution in [0.2, 0.25) is 0 Å². The number of aldehydes is 1. The molecule has 1 unspecified atom stereocenters. The molecule has 0 heterocycles. The fraction of sp³-hybridized carbons (Fsp3) is 0.727. The van der Waals surface area contributed by atoms with Crippen LogP contribution in [0.1, 0.15) is 39.0 Å². The molecule has 0 bridgehead atoms. The van der Waals surface area contributed by atoms with Gasteiger partial charge in [0, 0.05) is 0 Å². The van der Waals surface area contributed by atoms with Gasteiger partial charge in [-0.1, -0.05) is 32.8 Å². The molecule has 1 rings (SSSR count). The summed E-state index contributed by atoms with van der Waals surface area (Å²) < 4.78 is 0. The number of rotatable bonds is 3. The maximum Gasteiger partial charge on any atom is 0.145 e. The van der Waals surface area contributed by atoms with Gasteiger partial charge in [0.05, 0.1) is 0 Å². The van der Waals surface area contributed by atoms with Crippen molar-refractivity contribution in [3.63, 3.8) is 0 Å². The summed E-state index contributed by atoms with van der Waals surface area (Å²) in [6, 6.07) is 0. The molecule has 1 fully saturated rings. The number of carbonyl (C=O) groups excluding carboxylic acids is 1. The highest BCUT2D eigenvalue weighted by molar-refractivity contribution is 5.72. The van der Waals surface area contributed by atoms with Gasteiger partial charge in [0.1, 0.15) is 6.29 Å². The summed E-state index contributed by atoms with van der Waals surface area (Å²) in [5.41, 5.74) is 0.780. The van der Waals surface area contributed by atoms with Crippen LogP contribution in [-0.2, 0) is 4.79 Å². The highest BCUT2D eigenvalue weighted by atomic mass is 16.1. The van der Waals surface area contributed by atoms with E-state index in [1.54, 1.807) is 0 Å². The second kappa shape index (κ2) is 4.44. The fourth-order valence-corrected chi connectivity index (χ4v) is 2.04. The van der Waals surface area contributed by atoms with Crippen LogP contribution in [0.4, 0.5) is 0 Å². The summed E-state index contributed by atoms with van der Waals surface area (Å²) in [6.45, 7) is 5.91. The lowest BCUT2D eigenvalue weighted by Gasteiger charge is -2.27. The van der Waals surface area contributed by atoms with E-state index in [0.29, 0.717) is 5.92 Å². The van der Waals surface area contributed by atoms with Crippen LogP contribution in [0, 0.1) is 11.8 Å². The summed E-state index contributed by atoms with van der Waals surface area (Å²) in [4.78, 5) is 10.5. The normalized spacial score (nSPS) is 21.8. The summed E-state index contributed by atoms with van der Waals surface area (Å²) in [5.74, 6) is 1.12. The Morgan fingerprint density at radius 3 is 2.50 bits per heavy atom. The van der Waals surface area contributed by atoms with Crippen molar-refractivity contribution in [2.45, 2.75) is 39.0 Å². The fourth-order valence-electron chi connectivity index (χ4n) is 2.04. The molecule has 1 heteroatoms. The van der Waals surface area contributed by atoms with Crippen molar-refractivity contribution >= 4 is 6.29 Å². The number of allylic oxidation sites excluding steroid dienone is 1. The van der Waals surface area contributed by atoms with Crippen LogP contribution in [-0.4, -0.2) is 6.29 Å². The van der Waals surface area contributed by atoms with E-state index < -0.39 is 0 Å². The van der Waals surface area contributed by atoms with Gasteiger partial charge >= 0.3 is 0 Å². The van der Waals surface area contributed by atoms with Crippen LogP contribution in [0.3, 0.4) is 0 Å². The topological polar surface area (TPSA) is 17.1 Å². The zero-order chi connectivity index (χ0) is 8.97. The molecule has 0 N–H and O–H groups in total. The van der Waals surface area contributed by atoms with Crippen LogP contribution in [0.25, 0.3) is 0 Å². The summed E-state index contributed by atoms with van der Waals surface area (Å²) >= 11 is 0. The van der Waals surface area contributed by atoms with E-state index in [2.05, 4.69) is 13.5 Å². The minimum absolute atomic E-state index is 0.405. The lowest BCUT2D eigenvalue weighted by atomic mass is 9.78. The van der Waals surface area contributed by atoms with Crippen molar-refractivity contribution < 1.29 is 4.79 Å². The average molecular weight is 166 g/mol. The van der Waals surface area contributed by atoms with Gasteiger partial charge in [-0.2, -0.15) is 0 Å². The number of carbonyl (C=O) groups is 1. The second-order valence-corrected chi connectivity index (χ2v) is 3.88. The van der Waals surface area contributed by atoms with Crippen LogP contribution < -0.4 is 0 Å². The molecule has 0 radical (unpaired) electrons. The molecule has 1 atom stereocenters. The van der Waals surface area contributed by atoms with Crippen molar-refractivity contribution in [3.05, 3.63) is 12.2 Å². The van der Waals surface area contributed by atoms with Crippen LogP contribution in [0.15, 0.2) is 12.2 Å². The zero-order valence-corrected chi connectivity index (χ0v) is 7.88. The maximum atomic E-state index is 10.5. The second-order valence-electron chi connectivity index (χ2n) is 3.88. The van der Waals surface area contributed by atoms with E-state index in [-0.39, 0.29) is 0 Å². The Hall–Kier alpha value is -0.590. The quantitative estimate of drug-likeness (QED) is 0.465. The van der Waals surface area contributed by atoms with Gasteiger partial charge < -0.3 is 0 Å². The Balaban J connectivity index is 2.44. The molecular weight excluding hydrogens is 148 g/mol. The van der Waals surface area contributed by atoms with Crippen molar-refractivity contribution in [1.29, 1.82) is 0 Å². The first-order valence-corrected chi connectivity index (χ1v) is 4.89. The van der Waals surface area contributed by atoms with Crippen molar-refractivity contribution in [2.24, 2.45) is 11.8 Å². The first kappa shape index (κ1) is 9.50. The van der Waals surface area contributed by atoms with Crippen molar-refractivity contribution in [2.75, 3.05) is 0 Å². The van der Waals surface area contributed by atoms with Crippen LogP contribution >= 0.6 is 0 Å². The monoisotopic (exact) mass is 166 g/mol. The predicted molar refractivity (Wildman–Crippen MR) is 50.9 cm³/mol. The Morgan fingerprint density at radius 1 is 1.42 bits per heavy atom. The average Bonchev–Trinajstić information content (AvgIpc) is 2.17. The van der Waals surface area contributed by atoms with Gasteiger partial charge in [0.2, 0.25) is 0 Å². The zero-order valence-electron chi connectivity index (χ0n) is 7.88. The van der Waals surface area contributed by atoms with Gasteiger partial charge in [0.25, 0.3) is 0 Å². The van der Waals surface area contributed by atoms with Gasteiger partial charge in [-0.15, -0.1) is 0 Å². The van der Waals surface area contributed by atoms with E-state index in [0.717, 1.165) is 17.8 Å². The number of hydrogen-bond acceptors (Lipinski definition) is 1. The molecule has 0 aromatic carbocycles. The first-order valence-electron chi connectivity index (χ1n) is 4.89. The summed E-state index contributed by atoms with van der Waals surface area (Å²) in [7, 11) is 0. The third-order valence-electron chi connectivity index (χ3n) is 3.09. The lowest BCUT2D eigenvalue weighted by Crippen LogP contribution is -2.17. The van der Waals surface area contributed by atoms with E-state index >= 15 is 0 Å². The van der Waals surface area contributed by atoms with Crippen LogP contribution in [0.5, 0.6) is 0 Å². The van der Waals surface area contributed by atoms with E-state index in [1.165, 1.54) is 32.1 Å². The molecule has 0 aromatic rings.